The second-order valence-electron chi connectivity index (χ2n) is 5.33. The van der Waals surface area contributed by atoms with Crippen LogP contribution in [-0.4, -0.2) is 21.0 Å². The highest BCUT2D eigenvalue weighted by Gasteiger charge is 2.27. The van der Waals surface area contributed by atoms with Crippen LogP contribution in [0.25, 0.3) is 0 Å². The van der Waals surface area contributed by atoms with Crippen molar-refractivity contribution in [2.75, 3.05) is 5.75 Å². The minimum Gasteiger partial charge on any atom is -0.481 e. The lowest BCUT2D eigenvalue weighted by Gasteiger charge is -2.29. The Kier molecular flexibility index (Phi) is 3.88. The van der Waals surface area contributed by atoms with Gasteiger partial charge in [-0.3, -0.25) is 9.00 Å². The van der Waals surface area contributed by atoms with Gasteiger partial charge in [0.05, 0.1) is 17.2 Å². The van der Waals surface area contributed by atoms with Crippen molar-refractivity contribution in [3.63, 3.8) is 0 Å². The summed E-state index contributed by atoms with van der Waals surface area (Å²) in [6, 6.07) is 15.3. The summed E-state index contributed by atoms with van der Waals surface area (Å²) in [4.78, 5) is 11.4. The molecule has 3 rings (SSSR count). The van der Waals surface area contributed by atoms with E-state index in [4.69, 9.17) is 5.11 Å². The highest BCUT2D eigenvalue weighted by molar-refractivity contribution is 7.85. The van der Waals surface area contributed by atoms with Gasteiger partial charge in [0.2, 0.25) is 0 Å². The molecule has 108 valence electrons. The molecule has 3 nitrogen and oxygen atoms in total. The van der Waals surface area contributed by atoms with Crippen LogP contribution in [0.4, 0.5) is 0 Å². The first-order valence-corrected chi connectivity index (χ1v) is 8.22. The summed E-state index contributed by atoms with van der Waals surface area (Å²) in [6.07, 6.45) is 1.00. The van der Waals surface area contributed by atoms with Crippen LogP contribution >= 0.6 is 0 Å². The third-order valence-electron chi connectivity index (χ3n) is 3.86. The summed E-state index contributed by atoms with van der Waals surface area (Å²) in [5.74, 6) is 0.158. The molecule has 2 atom stereocenters. The van der Waals surface area contributed by atoms with E-state index in [-0.39, 0.29) is 6.42 Å². The zero-order valence-corrected chi connectivity index (χ0v) is 12.3. The number of benzene rings is 2. The highest BCUT2D eigenvalue weighted by atomic mass is 32.2. The minimum atomic E-state index is -1.04. The lowest BCUT2D eigenvalue weighted by atomic mass is 9.79. The molecule has 0 aromatic heterocycles. The van der Waals surface area contributed by atoms with Gasteiger partial charge in [-0.1, -0.05) is 36.4 Å². The van der Waals surface area contributed by atoms with E-state index in [0.717, 1.165) is 16.9 Å². The molecular formula is C17H16O3S. The summed E-state index contributed by atoms with van der Waals surface area (Å²) in [6.45, 7) is 0. The summed E-state index contributed by atoms with van der Waals surface area (Å²) in [7, 11) is -1.04. The van der Waals surface area contributed by atoms with E-state index in [1.54, 1.807) is 24.3 Å². The summed E-state index contributed by atoms with van der Waals surface area (Å²) < 4.78 is 12.4. The quantitative estimate of drug-likeness (QED) is 0.924. The first kappa shape index (κ1) is 14.0. The molecule has 0 fully saturated rings. The number of hydrogen-bond acceptors (Lipinski definition) is 2. The van der Waals surface area contributed by atoms with Crippen molar-refractivity contribution >= 4 is 16.8 Å². The lowest BCUT2D eigenvalue weighted by Crippen LogP contribution is -2.22. The highest BCUT2D eigenvalue weighted by Crippen LogP contribution is 2.35. The number of carboxylic acid groups (broad SMARTS) is 1. The fraction of sp³-hybridized carbons (Fsp3) is 0.235. The molecule has 0 spiro atoms. The maximum absolute atomic E-state index is 12.4. The molecular weight excluding hydrogens is 284 g/mol. The molecule has 2 aromatic rings. The predicted molar refractivity (Wildman–Crippen MR) is 81.9 cm³/mol. The zero-order valence-electron chi connectivity index (χ0n) is 11.5. The monoisotopic (exact) mass is 300 g/mol. The topological polar surface area (TPSA) is 54.4 Å². The molecule has 0 amide bonds. The van der Waals surface area contributed by atoms with Gasteiger partial charge in [-0.15, -0.1) is 0 Å². The SMILES string of the molecule is O=C(O)Cc1ccc(S(=O)CC2Cc3ccccc32)cc1. The van der Waals surface area contributed by atoms with E-state index in [1.807, 2.05) is 12.1 Å². The van der Waals surface area contributed by atoms with Crippen LogP contribution in [0.5, 0.6) is 0 Å². The van der Waals surface area contributed by atoms with Gasteiger partial charge in [0.25, 0.3) is 0 Å². The van der Waals surface area contributed by atoms with Crippen LogP contribution in [0.1, 0.15) is 22.6 Å². The summed E-state index contributed by atoms with van der Waals surface area (Å²) in [5.41, 5.74) is 3.40. The Hall–Kier alpha value is -1.94. The molecule has 2 aromatic carbocycles. The van der Waals surface area contributed by atoms with Gasteiger partial charge in [-0.25, -0.2) is 0 Å². The van der Waals surface area contributed by atoms with Gasteiger partial charge >= 0.3 is 5.97 Å². The average Bonchev–Trinajstić information content (AvgIpc) is 2.45. The molecule has 0 heterocycles. The number of fused-ring (bicyclic) bond motifs is 1. The number of hydrogen-bond donors (Lipinski definition) is 1. The van der Waals surface area contributed by atoms with Gasteiger partial charge in [0, 0.05) is 16.6 Å². The lowest BCUT2D eigenvalue weighted by molar-refractivity contribution is -0.136. The molecule has 21 heavy (non-hydrogen) atoms. The largest absolute Gasteiger partial charge is 0.481 e. The van der Waals surface area contributed by atoms with Crippen molar-refractivity contribution in [3.05, 3.63) is 65.2 Å². The standard InChI is InChI=1S/C17H16O3S/c18-17(19)9-12-5-7-15(8-6-12)21(20)11-14-10-13-3-1-2-4-16(13)14/h1-8,14H,9-11H2,(H,18,19). The van der Waals surface area contributed by atoms with Crippen molar-refractivity contribution in [1.29, 1.82) is 0 Å². The molecule has 1 aliphatic rings. The van der Waals surface area contributed by atoms with E-state index in [0.29, 0.717) is 11.7 Å². The Morgan fingerprint density at radius 1 is 1.14 bits per heavy atom. The van der Waals surface area contributed by atoms with Gasteiger partial charge < -0.3 is 5.11 Å². The molecule has 0 saturated carbocycles. The molecule has 0 aliphatic heterocycles. The molecule has 1 N–H and O–H groups in total. The first-order valence-electron chi connectivity index (χ1n) is 6.90. The number of aliphatic carboxylic acids is 1. The van der Waals surface area contributed by atoms with Crippen molar-refractivity contribution in [2.24, 2.45) is 0 Å². The third kappa shape index (κ3) is 3.05. The van der Waals surface area contributed by atoms with Crippen molar-refractivity contribution in [2.45, 2.75) is 23.7 Å². The van der Waals surface area contributed by atoms with E-state index < -0.39 is 16.8 Å². The minimum absolute atomic E-state index is 0.00289. The maximum Gasteiger partial charge on any atom is 0.307 e. The van der Waals surface area contributed by atoms with Crippen LogP contribution in [0, 0.1) is 0 Å². The van der Waals surface area contributed by atoms with Gasteiger partial charge in [-0.2, -0.15) is 0 Å². The zero-order chi connectivity index (χ0) is 14.8. The number of carboxylic acids is 1. The van der Waals surface area contributed by atoms with Crippen molar-refractivity contribution in [1.82, 2.24) is 0 Å². The fourth-order valence-electron chi connectivity index (χ4n) is 2.72. The molecule has 0 saturated heterocycles. The van der Waals surface area contributed by atoms with E-state index in [9.17, 15) is 9.00 Å². The normalized spacial score (nSPS) is 17.6. The van der Waals surface area contributed by atoms with Crippen LogP contribution in [0.2, 0.25) is 0 Å². The predicted octanol–water partition coefficient (Wildman–Crippen LogP) is 2.76. The first-order chi connectivity index (χ1) is 10.1. The Morgan fingerprint density at radius 2 is 1.86 bits per heavy atom. The van der Waals surface area contributed by atoms with Crippen molar-refractivity contribution < 1.29 is 14.1 Å². The average molecular weight is 300 g/mol. The Labute approximate surface area is 126 Å². The van der Waals surface area contributed by atoms with Crippen LogP contribution in [0.15, 0.2) is 53.4 Å². The van der Waals surface area contributed by atoms with Gasteiger partial charge in [-0.05, 0) is 35.2 Å². The molecule has 4 heteroatoms. The maximum atomic E-state index is 12.4. The van der Waals surface area contributed by atoms with Crippen LogP contribution < -0.4 is 0 Å². The molecule has 2 unspecified atom stereocenters. The van der Waals surface area contributed by atoms with Gasteiger partial charge in [0.15, 0.2) is 0 Å². The van der Waals surface area contributed by atoms with Gasteiger partial charge in [0.1, 0.15) is 0 Å². The van der Waals surface area contributed by atoms with E-state index in [1.165, 1.54) is 11.1 Å². The summed E-state index contributed by atoms with van der Waals surface area (Å²) in [5, 5.41) is 8.74. The van der Waals surface area contributed by atoms with E-state index >= 15 is 0 Å². The third-order valence-corrected chi connectivity index (χ3v) is 5.36. The second-order valence-corrected chi connectivity index (χ2v) is 6.82. The molecule has 0 radical (unpaired) electrons. The Bertz CT molecular complexity index is 691. The number of carbonyl (C=O) groups is 1. The Balaban J connectivity index is 1.65. The van der Waals surface area contributed by atoms with Crippen molar-refractivity contribution in [3.8, 4) is 0 Å². The summed E-state index contributed by atoms with van der Waals surface area (Å²) >= 11 is 0. The molecule has 1 aliphatic carbocycles. The number of rotatable bonds is 5. The second kappa shape index (κ2) is 5.82. The van der Waals surface area contributed by atoms with Crippen LogP contribution in [-0.2, 0) is 28.4 Å². The fourth-order valence-corrected chi connectivity index (χ4v) is 4.02. The Morgan fingerprint density at radius 3 is 2.52 bits per heavy atom. The van der Waals surface area contributed by atoms with Crippen LogP contribution in [0.3, 0.4) is 0 Å². The molecule has 0 bridgehead atoms. The van der Waals surface area contributed by atoms with E-state index in [2.05, 4.69) is 12.1 Å². The smallest absolute Gasteiger partial charge is 0.307 e.